The van der Waals surface area contributed by atoms with Gasteiger partial charge < -0.3 is 10.2 Å². The van der Waals surface area contributed by atoms with Gasteiger partial charge in [-0.2, -0.15) is 0 Å². The van der Waals surface area contributed by atoms with Crippen LogP contribution >= 0.6 is 22.6 Å². The second kappa shape index (κ2) is 5.27. The van der Waals surface area contributed by atoms with Crippen molar-refractivity contribution in [2.45, 2.75) is 31.3 Å². The van der Waals surface area contributed by atoms with Crippen LogP contribution in [0.1, 0.15) is 19.3 Å². The van der Waals surface area contributed by atoms with E-state index in [1.807, 2.05) is 22.6 Å². The second-order valence-electron chi connectivity index (χ2n) is 4.37. The Bertz CT molecular complexity index is 322. The Morgan fingerprint density at radius 3 is 2.56 bits per heavy atom. The monoisotopic (exact) mass is 332 g/mol. The van der Waals surface area contributed by atoms with E-state index < -0.39 is 0 Å². The summed E-state index contributed by atoms with van der Waals surface area (Å²) in [7, 11) is 0. The third kappa shape index (κ3) is 3.55. The quantitative estimate of drug-likeness (QED) is 0.478. The van der Waals surface area contributed by atoms with Gasteiger partial charge in [-0.25, -0.2) is 0 Å². The molecule has 5 heteroatoms. The van der Waals surface area contributed by atoms with Gasteiger partial charge in [-0.15, -0.1) is 10.2 Å². The number of nitrogens with zero attached hydrogens (tertiary/aromatic N) is 3. The molecule has 1 aliphatic heterocycles. The fraction of sp³-hybridized carbons (Fsp3) is 0.636. The molecular weight excluding hydrogens is 315 g/mol. The van der Waals surface area contributed by atoms with E-state index in [0.29, 0.717) is 9.75 Å². The van der Waals surface area contributed by atoms with Crippen LogP contribution in [0.5, 0.6) is 0 Å². The van der Waals surface area contributed by atoms with Crippen LogP contribution in [0.15, 0.2) is 32.9 Å². The van der Waals surface area contributed by atoms with E-state index in [9.17, 15) is 0 Å². The van der Waals surface area contributed by atoms with Gasteiger partial charge in [0.25, 0.3) is 0 Å². The SMILES string of the molecule is C=C(I)N=NC(=C)N1CCC(NC2CC2)C1. The molecule has 0 amide bonds. The van der Waals surface area contributed by atoms with E-state index in [0.717, 1.165) is 25.0 Å². The second-order valence-corrected chi connectivity index (χ2v) is 5.61. The van der Waals surface area contributed by atoms with Crippen LogP contribution in [0.4, 0.5) is 0 Å². The highest BCUT2D eigenvalue weighted by Crippen LogP contribution is 2.23. The Kier molecular flexibility index (Phi) is 3.96. The standard InChI is InChI=1S/C11H17IN4/c1-8(12)14-15-9(2)16-6-5-11(7-16)13-10-3-4-10/h10-11,13H,1-7H2. The maximum atomic E-state index is 4.06. The fourth-order valence-electron chi connectivity index (χ4n) is 1.89. The van der Waals surface area contributed by atoms with Crippen molar-refractivity contribution in [1.82, 2.24) is 10.2 Å². The average Bonchev–Trinajstić information content (AvgIpc) is 2.91. The molecule has 16 heavy (non-hydrogen) atoms. The Labute approximate surface area is 110 Å². The third-order valence-corrected chi connectivity index (χ3v) is 3.09. The van der Waals surface area contributed by atoms with Crippen molar-refractivity contribution in [2.24, 2.45) is 10.2 Å². The van der Waals surface area contributed by atoms with Crippen LogP contribution in [-0.4, -0.2) is 30.1 Å². The maximum absolute atomic E-state index is 4.06. The summed E-state index contributed by atoms with van der Waals surface area (Å²) >= 11 is 2.04. The van der Waals surface area contributed by atoms with E-state index in [1.165, 1.54) is 19.3 Å². The molecule has 1 heterocycles. The number of rotatable bonds is 5. The topological polar surface area (TPSA) is 40.0 Å². The van der Waals surface area contributed by atoms with Gasteiger partial charge in [-0.3, -0.25) is 0 Å². The van der Waals surface area contributed by atoms with Crippen LogP contribution in [-0.2, 0) is 0 Å². The average molecular weight is 332 g/mol. The molecule has 88 valence electrons. The van der Waals surface area contributed by atoms with Gasteiger partial charge in [0.2, 0.25) is 0 Å². The predicted molar refractivity (Wildman–Crippen MR) is 73.3 cm³/mol. The third-order valence-electron chi connectivity index (χ3n) is 2.88. The first kappa shape index (κ1) is 12.0. The van der Waals surface area contributed by atoms with Crippen LogP contribution in [0.2, 0.25) is 0 Å². The first-order valence-electron chi connectivity index (χ1n) is 5.61. The lowest BCUT2D eigenvalue weighted by Crippen LogP contribution is -2.33. The van der Waals surface area contributed by atoms with E-state index in [4.69, 9.17) is 0 Å². The van der Waals surface area contributed by atoms with Crippen molar-refractivity contribution in [3.63, 3.8) is 0 Å². The van der Waals surface area contributed by atoms with Crippen molar-refractivity contribution in [1.29, 1.82) is 0 Å². The number of hydrogen-bond donors (Lipinski definition) is 1. The highest BCUT2D eigenvalue weighted by molar-refractivity contribution is 14.1. The van der Waals surface area contributed by atoms with Crippen LogP contribution < -0.4 is 5.32 Å². The van der Waals surface area contributed by atoms with Gasteiger partial charge in [-0.05, 0) is 41.9 Å². The van der Waals surface area contributed by atoms with Crippen molar-refractivity contribution in [3.05, 3.63) is 22.7 Å². The Morgan fingerprint density at radius 2 is 1.94 bits per heavy atom. The van der Waals surface area contributed by atoms with Crippen molar-refractivity contribution in [2.75, 3.05) is 13.1 Å². The van der Waals surface area contributed by atoms with Gasteiger partial charge in [-0.1, -0.05) is 13.2 Å². The Balaban J connectivity index is 1.78. The van der Waals surface area contributed by atoms with E-state index in [-0.39, 0.29) is 0 Å². The lowest BCUT2D eigenvalue weighted by molar-refractivity contribution is 0.399. The van der Waals surface area contributed by atoms with Crippen molar-refractivity contribution < 1.29 is 0 Å². The molecular formula is C11H17IN4. The van der Waals surface area contributed by atoms with Crippen molar-refractivity contribution in [3.8, 4) is 0 Å². The molecule has 1 N–H and O–H groups in total. The van der Waals surface area contributed by atoms with Crippen LogP contribution in [0.25, 0.3) is 0 Å². The van der Waals surface area contributed by atoms with E-state index in [1.54, 1.807) is 0 Å². The summed E-state index contributed by atoms with van der Waals surface area (Å²) in [6.07, 6.45) is 3.86. The van der Waals surface area contributed by atoms with Gasteiger partial charge >= 0.3 is 0 Å². The maximum Gasteiger partial charge on any atom is 0.143 e. The zero-order chi connectivity index (χ0) is 11.5. The summed E-state index contributed by atoms with van der Waals surface area (Å²) in [5.41, 5.74) is 0. The molecule has 1 aliphatic carbocycles. The van der Waals surface area contributed by atoms with E-state index >= 15 is 0 Å². The summed E-state index contributed by atoms with van der Waals surface area (Å²) in [4.78, 5) is 2.18. The number of nitrogens with one attached hydrogen (secondary N) is 1. The van der Waals surface area contributed by atoms with Crippen molar-refractivity contribution >= 4 is 22.6 Å². The lowest BCUT2D eigenvalue weighted by atomic mass is 10.2. The summed E-state index contributed by atoms with van der Waals surface area (Å²) in [5, 5.41) is 11.6. The molecule has 0 aromatic heterocycles. The molecule has 0 aromatic rings. The first-order chi connectivity index (χ1) is 7.65. The van der Waals surface area contributed by atoms with E-state index in [2.05, 4.69) is 33.6 Å². The smallest absolute Gasteiger partial charge is 0.143 e. The number of halogens is 1. The van der Waals surface area contributed by atoms with Gasteiger partial charge in [0.15, 0.2) is 0 Å². The first-order valence-corrected chi connectivity index (χ1v) is 6.69. The largest absolute Gasteiger partial charge is 0.354 e. The van der Waals surface area contributed by atoms with Gasteiger partial charge in [0.05, 0.1) is 0 Å². The lowest BCUT2D eigenvalue weighted by Gasteiger charge is -2.17. The van der Waals surface area contributed by atoms with Crippen LogP contribution in [0, 0.1) is 0 Å². The van der Waals surface area contributed by atoms with Gasteiger partial charge in [0.1, 0.15) is 9.52 Å². The molecule has 1 saturated carbocycles. The molecule has 0 spiro atoms. The Hall–Kier alpha value is -0.430. The molecule has 1 unspecified atom stereocenters. The molecule has 0 aromatic carbocycles. The zero-order valence-corrected chi connectivity index (χ0v) is 11.5. The summed E-state index contributed by atoms with van der Waals surface area (Å²) < 4.78 is 0.686. The number of likely N-dealkylation sites (tertiary alicyclic amines) is 1. The highest BCUT2D eigenvalue weighted by Gasteiger charge is 2.29. The predicted octanol–water partition coefficient (Wildman–Crippen LogP) is 2.64. The number of azo groups is 1. The normalized spacial score (nSPS) is 25.3. The molecule has 1 atom stereocenters. The zero-order valence-electron chi connectivity index (χ0n) is 9.32. The minimum Gasteiger partial charge on any atom is -0.354 e. The highest BCUT2D eigenvalue weighted by atomic mass is 127. The summed E-state index contributed by atoms with van der Waals surface area (Å²) in [5.74, 6) is 0.748. The minimum atomic E-state index is 0.599. The van der Waals surface area contributed by atoms with Gasteiger partial charge in [0, 0.05) is 25.2 Å². The fourth-order valence-corrected chi connectivity index (χ4v) is 2.00. The number of hydrogen-bond acceptors (Lipinski definition) is 4. The molecule has 2 rings (SSSR count). The molecule has 0 bridgehead atoms. The summed E-state index contributed by atoms with van der Waals surface area (Å²) in [6, 6.07) is 1.37. The molecule has 4 nitrogen and oxygen atoms in total. The van der Waals surface area contributed by atoms with Crippen LogP contribution in [0.3, 0.4) is 0 Å². The molecule has 1 saturated heterocycles. The summed E-state index contributed by atoms with van der Waals surface area (Å²) in [6.45, 7) is 9.63. The molecule has 2 aliphatic rings. The minimum absolute atomic E-state index is 0.599. The molecule has 2 fully saturated rings. The Morgan fingerprint density at radius 1 is 1.19 bits per heavy atom. The molecule has 0 radical (unpaired) electrons.